The number of para-hydroxylation sites is 1. The van der Waals surface area contributed by atoms with E-state index in [1.54, 1.807) is 35.3 Å². The number of anilines is 1. The number of fused-ring (bicyclic) bond motifs is 2. The number of aliphatic hydroxyl groups is 1. The lowest BCUT2D eigenvalue weighted by Gasteiger charge is -2.37. The number of hydrogen-bond acceptors (Lipinski definition) is 5. The Labute approximate surface area is 196 Å². The molecule has 0 spiro atoms. The first-order chi connectivity index (χ1) is 16.6. The van der Waals surface area contributed by atoms with Crippen molar-refractivity contribution < 1.29 is 14.7 Å². The van der Waals surface area contributed by atoms with Gasteiger partial charge in [-0.2, -0.15) is 10.1 Å². The number of aromatic nitrogens is 2. The molecule has 3 aliphatic rings. The van der Waals surface area contributed by atoms with Crippen molar-refractivity contribution in [3.05, 3.63) is 119 Å². The molecule has 1 aliphatic carbocycles. The van der Waals surface area contributed by atoms with Gasteiger partial charge >= 0.3 is 0 Å². The average molecular weight is 458 g/mol. The summed E-state index contributed by atoms with van der Waals surface area (Å²) in [5.74, 6) is -0.459. The number of hydroxylamine groups is 1. The molecule has 8 heteroatoms. The van der Waals surface area contributed by atoms with E-state index in [-0.39, 0.29) is 10.9 Å². The second-order valence-corrected chi connectivity index (χ2v) is 8.73. The van der Waals surface area contributed by atoms with E-state index in [0.29, 0.717) is 24.2 Å². The molecular weight excluding hydrogens is 433 g/mol. The zero-order chi connectivity index (χ0) is 23.2. The number of hydrogen-bond donors (Lipinski definition) is 2. The Morgan fingerprint density at radius 3 is 2.68 bits per heavy atom. The van der Waals surface area contributed by atoms with Gasteiger partial charge in [-0.3, -0.25) is 0 Å². The summed E-state index contributed by atoms with van der Waals surface area (Å²) < 4.78 is 16.3. The molecule has 6 rings (SSSR count). The number of halogens is 1. The molecule has 3 heterocycles. The van der Waals surface area contributed by atoms with Crippen LogP contribution in [0.4, 0.5) is 10.1 Å². The number of allylic oxidation sites excluding steroid dienone is 2. The molecule has 7 nitrogen and oxygen atoms in total. The third-order valence-electron chi connectivity index (χ3n) is 6.62. The van der Waals surface area contributed by atoms with Gasteiger partial charge in [0, 0.05) is 30.2 Å². The van der Waals surface area contributed by atoms with E-state index in [4.69, 9.17) is 0 Å². The summed E-state index contributed by atoms with van der Waals surface area (Å²) in [6, 6.07) is 16.2. The van der Waals surface area contributed by atoms with Gasteiger partial charge in [0.2, 0.25) is 0 Å². The monoisotopic (exact) mass is 457 g/mol. The molecular formula is C26H24FN5O2. The van der Waals surface area contributed by atoms with Crippen LogP contribution in [0.2, 0.25) is 0 Å². The van der Waals surface area contributed by atoms with Crippen LogP contribution in [0.1, 0.15) is 24.8 Å². The average Bonchev–Trinajstić information content (AvgIpc) is 3.49. The lowest BCUT2D eigenvalue weighted by atomic mass is 9.85. The highest BCUT2D eigenvalue weighted by Crippen LogP contribution is 2.40. The Morgan fingerprint density at radius 2 is 1.91 bits per heavy atom. The maximum atomic E-state index is 14.5. The van der Waals surface area contributed by atoms with Gasteiger partial charge in [0.25, 0.3) is 0 Å². The van der Waals surface area contributed by atoms with Gasteiger partial charge in [-0.15, -0.1) is 0 Å². The summed E-state index contributed by atoms with van der Waals surface area (Å²) >= 11 is 0. The minimum atomic E-state index is -0.656. The normalized spacial score (nSPS) is 21.9. The van der Waals surface area contributed by atoms with E-state index in [1.165, 1.54) is 11.1 Å². The highest BCUT2D eigenvalue weighted by Gasteiger charge is 2.40. The fourth-order valence-corrected chi connectivity index (χ4v) is 4.98. The van der Waals surface area contributed by atoms with Gasteiger partial charge in [-0.1, -0.05) is 24.3 Å². The van der Waals surface area contributed by atoms with Gasteiger partial charge in [0.1, 0.15) is 5.69 Å². The summed E-state index contributed by atoms with van der Waals surface area (Å²) in [6.45, 7) is 0.564. The molecule has 0 amide bonds. The first kappa shape index (κ1) is 20.9. The summed E-state index contributed by atoms with van der Waals surface area (Å²) in [5, 5.41) is 29.6. The van der Waals surface area contributed by atoms with Crippen LogP contribution in [0.3, 0.4) is 0 Å². The van der Waals surface area contributed by atoms with Gasteiger partial charge in [-0.05, 0) is 55.2 Å². The number of aliphatic hydroxyl groups excluding tert-OH is 1. The van der Waals surface area contributed by atoms with Crippen LogP contribution >= 0.6 is 0 Å². The molecule has 0 saturated heterocycles. The van der Waals surface area contributed by atoms with E-state index in [2.05, 4.69) is 10.00 Å². The molecule has 2 aromatic carbocycles. The molecule has 1 aromatic heterocycles. The molecule has 2 atom stereocenters. The standard InChI is InChI=1S/C26H24FN5O2/c27-21-5-1-2-6-22(21)31-16-20-24(32(31)34)17-29(23-7-3-8-25(33)26(20)23)15-18-9-11-19(12-10-18)30-14-4-13-28-30/h1-2,4-6,9-14,16-17,25,32-33H,3,7-8,15H2. The first-order valence-electron chi connectivity index (χ1n) is 11.4. The van der Waals surface area contributed by atoms with Crippen LogP contribution in [-0.4, -0.2) is 25.9 Å². The predicted molar refractivity (Wildman–Crippen MR) is 125 cm³/mol. The van der Waals surface area contributed by atoms with E-state index >= 15 is 0 Å². The van der Waals surface area contributed by atoms with Crippen molar-refractivity contribution in [1.29, 1.82) is 0 Å². The van der Waals surface area contributed by atoms with Crippen molar-refractivity contribution in [3.63, 3.8) is 0 Å². The molecule has 2 aliphatic heterocycles. The zero-order valence-corrected chi connectivity index (χ0v) is 18.4. The maximum absolute atomic E-state index is 14.5. The summed E-state index contributed by atoms with van der Waals surface area (Å²) in [4.78, 5) is 2.07. The lowest BCUT2D eigenvalue weighted by molar-refractivity contribution is -0.803. The summed E-state index contributed by atoms with van der Waals surface area (Å²) in [7, 11) is 0. The van der Waals surface area contributed by atoms with Crippen LogP contribution in [-0.2, 0) is 6.54 Å². The smallest absolute Gasteiger partial charge is 0.182 e. The van der Waals surface area contributed by atoms with Crippen molar-refractivity contribution >= 4 is 5.69 Å². The van der Waals surface area contributed by atoms with Crippen molar-refractivity contribution in [2.24, 2.45) is 0 Å². The van der Waals surface area contributed by atoms with Gasteiger partial charge < -0.3 is 15.2 Å². The highest BCUT2D eigenvalue weighted by atomic mass is 19.1. The van der Waals surface area contributed by atoms with E-state index in [0.717, 1.165) is 35.4 Å². The number of nitrogens with zero attached hydrogens (tertiary/aromatic N) is 4. The highest BCUT2D eigenvalue weighted by molar-refractivity contribution is 5.59. The van der Waals surface area contributed by atoms with E-state index < -0.39 is 11.9 Å². The fourth-order valence-electron chi connectivity index (χ4n) is 4.98. The first-order valence-corrected chi connectivity index (χ1v) is 11.4. The van der Waals surface area contributed by atoms with Crippen LogP contribution in [0.5, 0.6) is 0 Å². The Morgan fingerprint density at radius 1 is 1.09 bits per heavy atom. The number of benzene rings is 2. The Balaban J connectivity index is 1.36. The second-order valence-electron chi connectivity index (χ2n) is 8.73. The van der Waals surface area contributed by atoms with Crippen LogP contribution in [0.15, 0.2) is 102 Å². The zero-order valence-electron chi connectivity index (χ0n) is 18.4. The van der Waals surface area contributed by atoms with Gasteiger partial charge in [0.05, 0.1) is 29.8 Å². The van der Waals surface area contributed by atoms with Crippen molar-refractivity contribution in [2.45, 2.75) is 31.9 Å². The molecule has 0 saturated carbocycles. The molecule has 0 bridgehead atoms. The Bertz CT molecular complexity index is 1310. The van der Waals surface area contributed by atoms with Crippen molar-refractivity contribution in [2.75, 3.05) is 5.01 Å². The summed E-state index contributed by atoms with van der Waals surface area (Å²) in [6.07, 6.45) is 8.83. The molecule has 0 radical (unpaired) electrons. The predicted octanol–water partition coefficient (Wildman–Crippen LogP) is 3.17. The molecule has 2 unspecified atom stereocenters. The fraction of sp³-hybridized carbons (Fsp3) is 0.192. The lowest BCUT2D eigenvalue weighted by Crippen LogP contribution is -3.11. The third kappa shape index (κ3) is 3.43. The topological polar surface area (TPSA) is 72.0 Å². The number of rotatable bonds is 4. The summed E-state index contributed by atoms with van der Waals surface area (Å²) in [5.41, 5.74) is 5.23. The van der Waals surface area contributed by atoms with Crippen molar-refractivity contribution in [3.8, 4) is 5.69 Å². The molecule has 3 aromatic rings. The quantitative estimate of drug-likeness (QED) is 0.589. The largest absolute Gasteiger partial charge is 0.602 e. The SMILES string of the molecule is [O-][NH+]1C2=CN(Cc3ccc(-n4cccn4)cc3)C3=C(C2=CN1c1ccccc1F)C(O)CCC3. The van der Waals surface area contributed by atoms with Gasteiger partial charge in [-0.25, -0.2) is 14.2 Å². The molecule has 0 fully saturated rings. The molecule has 34 heavy (non-hydrogen) atoms. The Hall–Kier alpha value is -3.72. The Kier molecular flexibility index (Phi) is 5.06. The molecule has 2 N–H and O–H groups in total. The molecule has 172 valence electrons. The maximum Gasteiger partial charge on any atom is 0.182 e. The van der Waals surface area contributed by atoms with Crippen LogP contribution < -0.4 is 10.2 Å². The number of quaternary nitrogens is 1. The second kappa shape index (κ2) is 8.25. The van der Waals surface area contributed by atoms with Gasteiger partial charge in [0.15, 0.2) is 11.5 Å². The van der Waals surface area contributed by atoms with Crippen molar-refractivity contribution in [1.82, 2.24) is 14.7 Å². The van der Waals surface area contributed by atoms with E-state index in [9.17, 15) is 14.7 Å². The van der Waals surface area contributed by atoms with Crippen LogP contribution in [0.25, 0.3) is 5.69 Å². The minimum Gasteiger partial charge on any atom is -0.602 e. The van der Waals surface area contributed by atoms with Crippen LogP contribution in [0, 0.1) is 11.0 Å². The third-order valence-corrected chi connectivity index (χ3v) is 6.62. The minimum absolute atomic E-state index is 0.212. The number of nitrogens with one attached hydrogen (secondary N) is 1. The van der Waals surface area contributed by atoms with E-state index in [1.807, 2.05) is 42.7 Å².